The molecule has 4 rings (SSSR count). The van der Waals surface area contributed by atoms with E-state index in [1.165, 1.54) is 6.92 Å². The molecule has 0 bridgehead atoms. The number of anilines is 2. The molecule has 158 valence electrons. The summed E-state index contributed by atoms with van der Waals surface area (Å²) in [7, 11) is 0. The van der Waals surface area contributed by atoms with Crippen LogP contribution in [0.4, 0.5) is 16.3 Å². The zero-order valence-corrected chi connectivity index (χ0v) is 17.1. The van der Waals surface area contributed by atoms with Gasteiger partial charge in [0, 0.05) is 43.5 Å². The molecular formula is C22H23N7O2. The second-order valence-electron chi connectivity index (χ2n) is 7.13. The maximum absolute atomic E-state index is 12.2. The molecule has 0 radical (unpaired) electrons. The molecule has 0 aliphatic rings. The van der Waals surface area contributed by atoms with E-state index in [0.29, 0.717) is 12.4 Å². The number of aromatic nitrogens is 4. The number of benzene rings is 2. The smallest absolute Gasteiger partial charge is 0.320 e. The van der Waals surface area contributed by atoms with Crippen LogP contribution in [0.15, 0.2) is 61.2 Å². The van der Waals surface area contributed by atoms with Gasteiger partial charge in [-0.15, -0.1) is 0 Å². The number of nitrogens with one attached hydrogen (secondary N) is 4. The fourth-order valence-corrected chi connectivity index (χ4v) is 3.31. The first kappa shape index (κ1) is 20.1. The van der Waals surface area contributed by atoms with Crippen LogP contribution in [-0.4, -0.2) is 38.2 Å². The Bertz CT molecular complexity index is 1200. The zero-order valence-electron chi connectivity index (χ0n) is 17.1. The largest absolute Gasteiger partial charge is 0.338 e. The Morgan fingerprint density at radius 3 is 2.77 bits per heavy atom. The molecule has 9 nitrogen and oxygen atoms in total. The van der Waals surface area contributed by atoms with Crippen molar-refractivity contribution in [3.05, 3.63) is 61.2 Å². The number of urea groups is 1. The normalized spacial score (nSPS) is 10.7. The van der Waals surface area contributed by atoms with Crippen molar-refractivity contribution in [1.29, 1.82) is 0 Å². The lowest BCUT2D eigenvalue weighted by atomic mass is 10.0. The lowest BCUT2D eigenvalue weighted by molar-refractivity contribution is -0.114. The molecule has 0 saturated heterocycles. The number of imidazole rings is 1. The molecule has 2 aromatic heterocycles. The summed E-state index contributed by atoms with van der Waals surface area (Å²) in [4.78, 5) is 27.5. The first-order chi connectivity index (χ1) is 15.1. The second-order valence-corrected chi connectivity index (χ2v) is 7.13. The van der Waals surface area contributed by atoms with Crippen molar-refractivity contribution in [2.75, 3.05) is 17.2 Å². The second kappa shape index (κ2) is 9.12. The minimum atomic E-state index is -0.300. The van der Waals surface area contributed by atoms with Gasteiger partial charge < -0.3 is 15.2 Å². The first-order valence-electron chi connectivity index (χ1n) is 9.95. The molecule has 2 aromatic carbocycles. The summed E-state index contributed by atoms with van der Waals surface area (Å²) in [6, 6.07) is 13.1. The molecule has 0 spiro atoms. The Hall–Kier alpha value is -4.14. The molecule has 4 N–H and O–H groups in total. The van der Waals surface area contributed by atoms with E-state index in [0.717, 1.165) is 40.7 Å². The molecule has 0 fully saturated rings. The van der Waals surface area contributed by atoms with E-state index in [1.54, 1.807) is 12.5 Å². The third-order valence-corrected chi connectivity index (χ3v) is 4.75. The minimum absolute atomic E-state index is 0.114. The maximum atomic E-state index is 12.2. The first-order valence-corrected chi connectivity index (χ1v) is 9.95. The lowest BCUT2D eigenvalue weighted by Gasteiger charge is -2.07. The van der Waals surface area contributed by atoms with E-state index in [2.05, 4.69) is 31.1 Å². The van der Waals surface area contributed by atoms with Gasteiger partial charge in [-0.2, -0.15) is 5.10 Å². The van der Waals surface area contributed by atoms with Crippen molar-refractivity contribution in [3.63, 3.8) is 0 Å². The summed E-state index contributed by atoms with van der Waals surface area (Å²) >= 11 is 0. The van der Waals surface area contributed by atoms with Crippen molar-refractivity contribution in [2.24, 2.45) is 0 Å². The summed E-state index contributed by atoms with van der Waals surface area (Å²) in [6.07, 6.45) is 6.17. The van der Waals surface area contributed by atoms with Gasteiger partial charge in [0.15, 0.2) is 5.82 Å². The fourth-order valence-electron chi connectivity index (χ4n) is 3.31. The molecule has 9 heteroatoms. The third-order valence-electron chi connectivity index (χ3n) is 4.75. The third kappa shape index (κ3) is 5.08. The van der Waals surface area contributed by atoms with Crippen LogP contribution in [0.3, 0.4) is 0 Å². The van der Waals surface area contributed by atoms with Crippen LogP contribution < -0.4 is 16.0 Å². The number of carbonyl (C=O) groups is 2. The van der Waals surface area contributed by atoms with Gasteiger partial charge in [-0.3, -0.25) is 15.2 Å². The number of aromatic amines is 1. The molecule has 4 aromatic rings. The van der Waals surface area contributed by atoms with Crippen LogP contribution >= 0.6 is 0 Å². The van der Waals surface area contributed by atoms with Gasteiger partial charge in [0.25, 0.3) is 0 Å². The van der Waals surface area contributed by atoms with Crippen molar-refractivity contribution >= 4 is 34.3 Å². The highest BCUT2D eigenvalue weighted by Gasteiger charge is 2.10. The Balaban J connectivity index is 1.39. The molecule has 2 heterocycles. The standard InChI is InChI=1S/C22H23N7O2/c1-15(30)25-18-5-2-4-16(12-18)17-6-7-19-20(13-17)27-28-21(19)26-22(31)24-8-3-10-29-11-9-23-14-29/h2,4-7,9,11-14H,3,8,10H2,1H3,(H,25,30)(H3,24,26,27,28,31). The van der Waals surface area contributed by atoms with Crippen LogP contribution in [0.1, 0.15) is 13.3 Å². The van der Waals surface area contributed by atoms with Gasteiger partial charge in [-0.25, -0.2) is 9.78 Å². The van der Waals surface area contributed by atoms with Crippen LogP contribution in [0.2, 0.25) is 0 Å². The fraction of sp³-hybridized carbons (Fsp3) is 0.182. The Morgan fingerprint density at radius 1 is 1.10 bits per heavy atom. The van der Waals surface area contributed by atoms with Crippen molar-refractivity contribution in [2.45, 2.75) is 19.9 Å². The van der Waals surface area contributed by atoms with Gasteiger partial charge in [-0.1, -0.05) is 18.2 Å². The number of H-pyrrole nitrogens is 1. The van der Waals surface area contributed by atoms with E-state index in [-0.39, 0.29) is 11.9 Å². The zero-order chi connectivity index (χ0) is 21.6. The van der Waals surface area contributed by atoms with E-state index in [1.807, 2.05) is 53.2 Å². The summed E-state index contributed by atoms with van der Waals surface area (Å²) in [5, 5.41) is 16.4. The van der Waals surface area contributed by atoms with E-state index < -0.39 is 0 Å². The summed E-state index contributed by atoms with van der Waals surface area (Å²) in [6.45, 7) is 2.81. The topological polar surface area (TPSA) is 117 Å². The van der Waals surface area contributed by atoms with Crippen molar-refractivity contribution in [1.82, 2.24) is 25.1 Å². The number of aryl methyl sites for hydroxylation is 1. The number of hydrogen-bond acceptors (Lipinski definition) is 4. The lowest BCUT2D eigenvalue weighted by Crippen LogP contribution is -2.30. The maximum Gasteiger partial charge on any atom is 0.320 e. The predicted molar refractivity (Wildman–Crippen MR) is 120 cm³/mol. The monoisotopic (exact) mass is 417 g/mol. The van der Waals surface area contributed by atoms with Gasteiger partial charge >= 0.3 is 6.03 Å². The van der Waals surface area contributed by atoms with Crippen LogP contribution in [-0.2, 0) is 11.3 Å². The highest BCUT2D eigenvalue weighted by atomic mass is 16.2. The average Bonchev–Trinajstić information content (AvgIpc) is 3.41. The Labute approximate surface area is 178 Å². The van der Waals surface area contributed by atoms with E-state index in [9.17, 15) is 9.59 Å². The Kier molecular flexibility index (Phi) is 5.93. The van der Waals surface area contributed by atoms with Gasteiger partial charge in [0.1, 0.15) is 0 Å². The molecule has 0 unspecified atom stereocenters. The summed E-state index contributed by atoms with van der Waals surface area (Å²) < 4.78 is 1.96. The Morgan fingerprint density at radius 2 is 1.97 bits per heavy atom. The number of carbonyl (C=O) groups excluding carboxylic acids is 2. The van der Waals surface area contributed by atoms with Crippen molar-refractivity contribution < 1.29 is 9.59 Å². The van der Waals surface area contributed by atoms with Crippen LogP contribution in [0.5, 0.6) is 0 Å². The molecular weight excluding hydrogens is 394 g/mol. The highest BCUT2D eigenvalue weighted by molar-refractivity contribution is 6.00. The summed E-state index contributed by atoms with van der Waals surface area (Å²) in [5.74, 6) is 0.359. The number of hydrogen-bond donors (Lipinski definition) is 4. The van der Waals surface area contributed by atoms with E-state index >= 15 is 0 Å². The van der Waals surface area contributed by atoms with Gasteiger partial charge in [0.2, 0.25) is 5.91 Å². The van der Waals surface area contributed by atoms with Gasteiger partial charge in [-0.05, 0) is 41.8 Å². The van der Waals surface area contributed by atoms with Crippen molar-refractivity contribution in [3.8, 4) is 11.1 Å². The molecule has 31 heavy (non-hydrogen) atoms. The SMILES string of the molecule is CC(=O)Nc1cccc(-c2ccc3c(NC(=O)NCCCn4ccnc4)n[nH]c3c2)c1. The molecule has 0 aliphatic carbocycles. The molecule has 3 amide bonds. The molecule has 0 saturated carbocycles. The number of rotatable bonds is 7. The minimum Gasteiger partial charge on any atom is -0.338 e. The number of amides is 3. The van der Waals surface area contributed by atoms with Gasteiger partial charge in [0.05, 0.1) is 11.8 Å². The number of fused-ring (bicyclic) bond motifs is 1. The molecule has 0 aliphatic heterocycles. The summed E-state index contributed by atoms with van der Waals surface area (Å²) in [5.41, 5.74) is 3.48. The van der Waals surface area contributed by atoms with E-state index in [4.69, 9.17) is 0 Å². The quantitative estimate of drug-likeness (QED) is 0.344. The van der Waals surface area contributed by atoms with Crippen LogP contribution in [0, 0.1) is 0 Å². The average molecular weight is 417 g/mol. The highest BCUT2D eigenvalue weighted by Crippen LogP contribution is 2.28. The predicted octanol–water partition coefficient (Wildman–Crippen LogP) is 3.60. The van der Waals surface area contributed by atoms with Crippen LogP contribution in [0.25, 0.3) is 22.0 Å². The number of nitrogens with zero attached hydrogens (tertiary/aromatic N) is 3. The molecule has 0 atom stereocenters.